The topological polar surface area (TPSA) is 74.6 Å². The second kappa shape index (κ2) is 12.3. The molecule has 7 aromatic carbocycles. The van der Waals surface area contributed by atoms with Crippen LogP contribution in [0.4, 0.5) is 0 Å². The number of benzene rings is 7. The van der Waals surface area contributed by atoms with Gasteiger partial charge in [0.1, 0.15) is 16.8 Å². The van der Waals surface area contributed by atoms with E-state index in [-0.39, 0.29) is 0 Å². The molecule has 7 nitrogen and oxygen atoms in total. The Bertz CT molecular complexity index is 3430. The molecule has 0 amide bonds. The molecule has 0 radical (unpaired) electrons. The van der Waals surface area contributed by atoms with Gasteiger partial charge in [0.15, 0.2) is 11.6 Å². The minimum Gasteiger partial charge on any atom is -0.456 e. The number of aromatic nitrogens is 6. The van der Waals surface area contributed by atoms with Gasteiger partial charge >= 0.3 is 0 Å². The van der Waals surface area contributed by atoms with Crippen LogP contribution in [0.5, 0.6) is 0 Å². The highest BCUT2D eigenvalue weighted by atomic mass is 16.3. The summed E-state index contributed by atoms with van der Waals surface area (Å²) in [5.74, 6) is 1.67. The Hall–Kier alpha value is -7.90. The Labute approximate surface area is 325 Å². The summed E-state index contributed by atoms with van der Waals surface area (Å²) in [7, 11) is 0. The predicted octanol–water partition coefficient (Wildman–Crippen LogP) is 12.4. The second-order valence-corrected chi connectivity index (χ2v) is 14.3. The summed E-state index contributed by atoms with van der Waals surface area (Å²) in [6, 6.07) is 60.7. The fraction of sp³-hybridized carbons (Fsp3) is 0. The van der Waals surface area contributed by atoms with E-state index in [4.69, 9.17) is 24.4 Å². The van der Waals surface area contributed by atoms with E-state index in [2.05, 4.69) is 137 Å². The molecule has 0 aliphatic carbocycles. The summed E-state index contributed by atoms with van der Waals surface area (Å²) < 4.78 is 10.7. The van der Waals surface area contributed by atoms with Crippen molar-refractivity contribution < 1.29 is 4.42 Å². The molecular weight excluding hydrogens is 701 g/mol. The number of hydrogen-bond donors (Lipinski definition) is 0. The van der Waals surface area contributed by atoms with Gasteiger partial charge in [-0.25, -0.2) is 9.97 Å². The molecule has 5 heterocycles. The van der Waals surface area contributed by atoms with Crippen LogP contribution >= 0.6 is 0 Å². The molecule has 12 rings (SSSR count). The average molecular weight is 731 g/mol. The maximum Gasteiger partial charge on any atom is 0.238 e. The quantitative estimate of drug-likeness (QED) is 0.176. The third kappa shape index (κ3) is 4.79. The van der Waals surface area contributed by atoms with Gasteiger partial charge in [0.05, 0.1) is 22.2 Å². The van der Waals surface area contributed by atoms with Crippen molar-refractivity contribution >= 4 is 65.7 Å². The van der Waals surface area contributed by atoms with Crippen LogP contribution in [0, 0.1) is 0 Å². The molecule has 0 bridgehead atoms. The lowest BCUT2D eigenvalue weighted by Crippen LogP contribution is -2.08. The zero-order chi connectivity index (χ0) is 37.5. The van der Waals surface area contributed by atoms with Crippen molar-refractivity contribution in [1.82, 2.24) is 29.1 Å². The van der Waals surface area contributed by atoms with Crippen LogP contribution in [-0.4, -0.2) is 29.1 Å². The third-order valence-electron chi connectivity index (χ3n) is 11.1. The van der Waals surface area contributed by atoms with Crippen LogP contribution < -0.4 is 0 Å². The smallest absolute Gasteiger partial charge is 0.238 e. The van der Waals surface area contributed by atoms with E-state index in [1.165, 1.54) is 0 Å². The van der Waals surface area contributed by atoms with E-state index >= 15 is 0 Å². The van der Waals surface area contributed by atoms with Crippen molar-refractivity contribution in [2.24, 2.45) is 0 Å². The molecule has 57 heavy (non-hydrogen) atoms. The van der Waals surface area contributed by atoms with Gasteiger partial charge in [-0.2, -0.15) is 9.97 Å². The first-order chi connectivity index (χ1) is 28.3. The molecule has 266 valence electrons. The van der Waals surface area contributed by atoms with E-state index in [1.54, 1.807) is 0 Å². The lowest BCUT2D eigenvalue weighted by Gasteiger charge is -2.19. The Balaban J connectivity index is 1.21. The summed E-state index contributed by atoms with van der Waals surface area (Å²) >= 11 is 0. The Morgan fingerprint density at radius 2 is 0.982 bits per heavy atom. The predicted molar refractivity (Wildman–Crippen MR) is 230 cm³/mol. The van der Waals surface area contributed by atoms with Gasteiger partial charge in [0.25, 0.3) is 0 Å². The van der Waals surface area contributed by atoms with Gasteiger partial charge in [-0.15, -0.1) is 0 Å². The molecule has 0 aliphatic rings. The van der Waals surface area contributed by atoms with Crippen molar-refractivity contribution in [3.8, 4) is 45.5 Å². The van der Waals surface area contributed by atoms with Crippen LogP contribution in [0.3, 0.4) is 0 Å². The molecule has 0 N–H and O–H groups in total. The van der Waals surface area contributed by atoms with Crippen molar-refractivity contribution in [2.45, 2.75) is 0 Å². The highest BCUT2D eigenvalue weighted by Gasteiger charge is 2.24. The van der Waals surface area contributed by atoms with Gasteiger partial charge in [-0.05, 0) is 60.2 Å². The minimum atomic E-state index is 0.541. The van der Waals surface area contributed by atoms with Crippen LogP contribution in [0.1, 0.15) is 0 Å². The molecule has 0 saturated carbocycles. The number of rotatable bonds is 5. The van der Waals surface area contributed by atoms with Crippen LogP contribution in [0.2, 0.25) is 0 Å². The van der Waals surface area contributed by atoms with E-state index in [0.717, 1.165) is 93.6 Å². The number of nitrogens with zero attached hydrogens (tertiary/aromatic N) is 6. The number of pyridine rings is 1. The van der Waals surface area contributed by atoms with E-state index in [9.17, 15) is 0 Å². The number of furan rings is 1. The van der Waals surface area contributed by atoms with Gasteiger partial charge in [-0.1, -0.05) is 121 Å². The summed E-state index contributed by atoms with van der Waals surface area (Å²) in [4.78, 5) is 21.0. The van der Waals surface area contributed by atoms with Gasteiger partial charge in [0.2, 0.25) is 5.95 Å². The lowest BCUT2D eigenvalue weighted by atomic mass is 9.97. The van der Waals surface area contributed by atoms with Crippen LogP contribution in [-0.2, 0) is 0 Å². The highest BCUT2D eigenvalue weighted by Crippen LogP contribution is 2.42. The molecule has 0 saturated heterocycles. The van der Waals surface area contributed by atoms with Crippen molar-refractivity contribution in [1.29, 1.82) is 0 Å². The monoisotopic (exact) mass is 730 g/mol. The largest absolute Gasteiger partial charge is 0.456 e. The van der Waals surface area contributed by atoms with Gasteiger partial charge < -0.3 is 4.42 Å². The second-order valence-electron chi connectivity index (χ2n) is 14.3. The maximum absolute atomic E-state index is 6.27. The fourth-order valence-corrected chi connectivity index (χ4v) is 8.55. The summed E-state index contributed by atoms with van der Waals surface area (Å²) in [5, 5.41) is 6.59. The van der Waals surface area contributed by atoms with E-state index in [1.807, 2.05) is 54.7 Å². The molecule has 0 unspecified atom stereocenters. The maximum atomic E-state index is 6.27. The average Bonchev–Trinajstić information content (AvgIpc) is 3.94. The first-order valence-corrected chi connectivity index (χ1v) is 19.0. The Morgan fingerprint density at radius 1 is 0.386 bits per heavy atom. The summed E-state index contributed by atoms with van der Waals surface area (Å²) in [6.45, 7) is 0. The molecule has 0 spiro atoms. The standard InChI is InChI=1S/C50H30N6O/c1-2-14-31(15-3-1)47-52-48(54-50(53-47)55-41-23-8-4-16-34(41)35-17-5-9-24-42(35)55)39-21-12-20-33(32-27-28-45-40(30-32)37-19-7-11-26-44(37)57-45)46(39)56-43-25-10-6-18-36(43)38-22-13-29-51-49(38)56/h1-30H. The number of para-hydroxylation sites is 5. The first kappa shape index (κ1) is 31.5. The Morgan fingerprint density at radius 3 is 1.75 bits per heavy atom. The molecule has 0 fully saturated rings. The number of fused-ring (bicyclic) bond motifs is 9. The van der Waals surface area contributed by atoms with Crippen LogP contribution in [0.15, 0.2) is 187 Å². The normalized spacial score (nSPS) is 11.9. The molecule has 0 aliphatic heterocycles. The SMILES string of the molecule is c1ccc(-c2nc(-c3cccc(-c4ccc5oc6ccccc6c5c4)c3-n3c4ccccc4c4cccnc43)nc(-n3c4ccccc4c4ccccc43)n2)cc1. The minimum absolute atomic E-state index is 0.541. The van der Waals surface area contributed by atoms with Crippen molar-refractivity contribution in [3.63, 3.8) is 0 Å². The third-order valence-corrected chi connectivity index (χ3v) is 11.1. The summed E-state index contributed by atoms with van der Waals surface area (Å²) in [5.41, 5.74) is 10.4. The van der Waals surface area contributed by atoms with Crippen molar-refractivity contribution in [3.05, 3.63) is 182 Å². The van der Waals surface area contributed by atoms with Gasteiger partial charge in [-0.3, -0.25) is 9.13 Å². The molecule has 7 heteroatoms. The molecule has 12 aromatic rings. The zero-order valence-corrected chi connectivity index (χ0v) is 30.4. The van der Waals surface area contributed by atoms with Crippen LogP contribution in [0.25, 0.3) is 111 Å². The molecule has 5 aromatic heterocycles. The lowest BCUT2D eigenvalue weighted by molar-refractivity contribution is 0.669. The zero-order valence-electron chi connectivity index (χ0n) is 30.4. The van der Waals surface area contributed by atoms with E-state index in [0.29, 0.717) is 17.6 Å². The first-order valence-electron chi connectivity index (χ1n) is 19.0. The molecular formula is C50H30N6O. The fourth-order valence-electron chi connectivity index (χ4n) is 8.55. The summed E-state index contributed by atoms with van der Waals surface area (Å²) in [6.07, 6.45) is 1.86. The van der Waals surface area contributed by atoms with E-state index < -0.39 is 0 Å². The van der Waals surface area contributed by atoms with Crippen molar-refractivity contribution in [2.75, 3.05) is 0 Å². The van der Waals surface area contributed by atoms with Gasteiger partial charge in [0, 0.05) is 55.2 Å². The molecule has 0 atom stereocenters. The highest BCUT2D eigenvalue weighted by molar-refractivity contribution is 6.11. The number of hydrogen-bond acceptors (Lipinski definition) is 5. The Kier molecular flexibility index (Phi) is 6.79.